The maximum atomic E-state index is 9.35. The van der Waals surface area contributed by atoms with E-state index in [2.05, 4.69) is 11.9 Å². The highest BCUT2D eigenvalue weighted by Crippen LogP contribution is 2.31. The van der Waals surface area contributed by atoms with E-state index in [4.69, 9.17) is 5.73 Å². The van der Waals surface area contributed by atoms with Crippen molar-refractivity contribution in [1.29, 1.82) is 0 Å². The summed E-state index contributed by atoms with van der Waals surface area (Å²) in [6.07, 6.45) is 2.36. The van der Waals surface area contributed by atoms with Crippen LogP contribution in [0.3, 0.4) is 0 Å². The van der Waals surface area contributed by atoms with Crippen LogP contribution in [-0.4, -0.2) is 30.1 Å². The summed E-state index contributed by atoms with van der Waals surface area (Å²) in [7, 11) is 2.15. The Morgan fingerprint density at radius 2 is 2.00 bits per heavy atom. The van der Waals surface area contributed by atoms with Crippen LogP contribution in [0.2, 0.25) is 0 Å². The van der Waals surface area contributed by atoms with Gasteiger partial charge in [0, 0.05) is 0 Å². The number of nitrogen functional groups attached to an aromatic ring is 1. The molecular weight excluding hydrogens is 188 g/mol. The Bertz CT molecular complexity index is 343. The van der Waals surface area contributed by atoms with Crippen LogP contribution >= 0.6 is 0 Å². The maximum absolute atomic E-state index is 9.35. The third-order valence-corrected chi connectivity index (χ3v) is 3.24. The molecule has 0 saturated carbocycles. The molecule has 3 nitrogen and oxygen atoms in total. The zero-order valence-corrected chi connectivity index (χ0v) is 9.11. The highest BCUT2D eigenvalue weighted by Gasteiger charge is 2.18. The molecule has 15 heavy (non-hydrogen) atoms. The minimum absolute atomic E-state index is 0.187. The molecule has 0 amide bonds. The summed E-state index contributed by atoms with van der Waals surface area (Å²) in [4.78, 5) is 2.35. The van der Waals surface area contributed by atoms with Gasteiger partial charge in [0.05, 0.1) is 5.69 Å². The Morgan fingerprint density at radius 3 is 2.60 bits per heavy atom. The van der Waals surface area contributed by atoms with Crippen molar-refractivity contribution >= 4 is 5.69 Å². The van der Waals surface area contributed by atoms with Gasteiger partial charge in [-0.1, -0.05) is 6.07 Å². The fourth-order valence-corrected chi connectivity index (χ4v) is 2.17. The monoisotopic (exact) mass is 206 g/mol. The van der Waals surface area contributed by atoms with Gasteiger partial charge in [-0.25, -0.2) is 0 Å². The third kappa shape index (κ3) is 2.23. The van der Waals surface area contributed by atoms with Crippen molar-refractivity contribution in [2.24, 2.45) is 0 Å². The number of nitrogens with zero attached hydrogens (tertiary/aromatic N) is 1. The van der Waals surface area contributed by atoms with Crippen molar-refractivity contribution in [1.82, 2.24) is 4.90 Å². The summed E-state index contributed by atoms with van der Waals surface area (Å²) >= 11 is 0. The van der Waals surface area contributed by atoms with Crippen molar-refractivity contribution in [3.05, 3.63) is 23.8 Å². The highest BCUT2D eigenvalue weighted by atomic mass is 16.3. The van der Waals surface area contributed by atoms with Crippen LogP contribution in [0.5, 0.6) is 5.75 Å². The van der Waals surface area contributed by atoms with Gasteiger partial charge < -0.3 is 15.7 Å². The first-order chi connectivity index (χ1) is 7.16. The number of rotatable bonds is 1. The molecule has 1 aliphatic heterocycles. The number of likely N-dealkylation sites (tertiary alicyclic amines) is 1. The van der Waals surface area contributed by atoms with Gasteiger partial charge in [0.2, 0.25) is 0 Å². The summed E-state index contributed by atoms with van der Waals surface area (Å²) in [6.45, 7) is 2.29. The van der Waals surface area contributed by atoms with Gasteiger partial charge in [0.1, 0.15) is 5.75 Å². The SMILES string of the molecule is CN1CCC(c2ccc(O)c(N)c2)CC1. The lowest BCUT2D eigenvalue weighted by atomic mass is 9.89. The average Bonchev–Trinajstić information content (AvgIpc) is 2.23. The first-order valence-electron chi connectivity index (χ1n) is 5.44. The Labute approximate surface area is 90.5 Å². The van der Waals surface area contributed by atoms with Crippen LogP contribution in [0, 0.1) is 0 Å². The molecular formula is C12H18N2O. The summed E-state index contributed by atoms with van der Waals surface area (Å²) < 4.78 is 0. The minimum atomic E-state index is 0.187. The van der Waals surface area contributed by atoms with Crippen molar-refractivity contribution < 1.29 is 5.11 Å². The molecule has 2 rings (SSSR count). The van der Waals surface area contributed by atoms with Crippen LogP contribution in [0.25, 0.3) is 0 Å². The van der Waals surface area contributed by atoms with Crippen LogP contribution in [0.1, 0.15) is 24.3 Å². The largest absolute Gasteiger partial charge is 0.506 e. The number of hydrogen-bond acceptors (Lipinski definition) is 3. The van der Waals surface area contributed by atoms with E-state index in [1.165, 1.54) is 18.4 Å². The number of aromatic hydroxyl groups is 1. The van der Waals surface area contributed by atoms with Gasteiger partial charge in [0.25, 0.3) is 0 Å². The second-order valence-corrected chi connectivity index (χ2v) is 4.40. The van der Waals surface area contributed by atoms with Gasteiger partial charge in [-0.15, -0.1) is 0 Å². The molecule has 1 saturated heterocycles. The molecule has 0 aliphatic carbocycles. The first kappa shape index (κ1) is 10.3. The Morgan fingerprint density at radius 1 is 1.33 bits per heavy atom. The third-order valence-electron chi connectivity index (χ3n) is 3.24. The van der Waals surface area contributed by atoms with Crippen LogP contribution in [0.4, 0.5) is 5.69 Å². The lowest BCUT2D eigenvalue weighted by Crippen LogP contribution is -2.29. The molecule has 0 bridgehead atoms. The number of anilines is 1. The van der Waals surface area contributed by atoms with Crippen LogP contribution in [0.15, 0.2) is 18.2 Å². The van der Waals surface area contributed by atoms with Crippen molar-refractivity contribution in [3.63, 3.8) is 0 Å². The lowest BCUT2D eigenvalue weighted by molar-refractivity contribution is 0.255. The number of benzene rings is 1. The van der Waals surface area contributed by atoms with Gasteiger partial charge >= 0.3 is 0 Å². The van der Waals surface area contributed by atoms with Crippen LogP contribution < -0.4 is 5.73 Å². The zero-order valence-electron chi connectivity index (χ0n) is 9.11. The lowest BCUT2D eigenvalue weighted by Gasteiger charge is -2.29. The molecule has 1 heterocycles. The zero-order chi connectivity index (χ0) is 10.8. The molecule has 82 valence electrons. The van der Waals surface area contributed by atoms with Crippen molar-refractivity contribution in [3.8, 4) is 5.75 Å². The van der Waals surface area contributed by atoms with Gasteiger partial charge in [-0.3, -0.25) is 0 Å². The summed E-state index contributed by atoms with van der Waals surface area (Å²) in [5.74, 6) is 0.788. The van der Waals surface area contributed by atoms with E-state index in [0.717, 1.165) is 13.1 Å². The first-order valence-corrected chi connectivity index (χ1v) is 5.44. The van der Waals surface area contributed by atoms with Gasteiger partial charge in [-0.2, -0.15) is 0 Å². The molecule has 0 unspecified atom stereocenters. The number of nitrogens with two attached hydrogens (primary N) is 1. The molecule has 3 heteroatoms. The van der Waals surface area contributed by atoms with Gasteiger partial charge in [0.15, 0.2) is 0 Å². The summed E-state index contributed by atoms with van der Waals surface area (Å²) in [5, 5.41) is 9.35. The molecule has 1 aliphatic rings. The van der Waals surface area contributed by atoms with E-state index in [-0.39, 0.29) is 5.75 Å². The molecule has 0 radical (unpaired) electrons. The predicted octanol–water partition coefficient (Wildman–Crippen LogP) is 1.78. The van der Waals surface area contributed by atoms with E-state index in [1.54, 1.807) is 6.07 Å². The van der Waals surface area contributed by atoms with E-state index in [1.807, 2.05) is 12.1 Å². The summed E-state index contributed by atoms with van der Waals surface area (Å²) in [6, 6.07) is 5.59. The molecule has 1 fully saturated rings. The molecule has 3 N–H and O–H groups in total. The van der Waals surface area contributed by atoms with Crippen LogP contribution in [-0.2, 0) is 0 Å². The number of hydrogen-bond donors (Lipinski definition) is 2. The van der Waals surface area contributed by atoms with E-state index in [0.29, 0.717) is 11.6 Å². The number of piperidine rings is 1. The maximum Gasteiger partial charge on any atom is 0.138 e. The standard InChI is InChI=1S/C12H18N2O/c1-14-6-4-9(5-7-14)10-2-3-12(15)11(13)8-10/h2-3,8-9,15H,4-7,13H2,1H3. The highest BCUT2D eigenvalue weighted by molar-refractivity contribution is 5.53. The fraction of sp³-hybridized carbons (Fsp3) is 0.500. The van der Waals surface area contributed by atoms with Crippen molar-refractivity contribution in [2.45, 2.75) is 18.8 Å². The molecule has 0 aromatic heterocycles. The van der Waals surface area contributed by atoms with Gasteiger partial charge in [-0.05, 0) is 56.6 Å². The average molecular weight is 206 g/mol. The number of phenolic OH excluding ortho intramolecular Hbond substituents is 1. The smallest absolute Gasteiger partial charge is 0.138 e. The Kier molecular flexibility index (Phi) is 2.82. The second kappa shape index (κ2) is 4.11. The molecule has 0 spiro atoms. The molecule has 1 aromatic rings. The quantitative estimate of drug-likeness (QED) is 0.544. The predicted molar refractivity (Wildman–Crippen MR) is 62.0 cm³/mol. The minimum Gasteiger partial charge on any atom is -0.506 e. The van der Waals surface area contributed by atoms with E-state index < -0.39 is 0 Å². The van der Waals surface area contributed by atoms with E-state index in [9.17, 15) is 5.11 Å². The van der Waals surface area contributed by atoms with E-state index >= 15 is 0 Å². The molecule has 0 atom stereocenters. The number of phenols is 1. The Balaban J connectivity index is 2.12. The fourth-order valence-electron chi connectivity index (χ4n) is 2.17. The molecule has 1 aromatic carbocycles. The summed E-state index contributed by atoms with van der Waals surface area (Å²) in [5.41, 5.74) is 7.45. The topological polar surface area (TPSA) is 49.5 Å². The Hall–Kier alpha value is -1.22. The second-order valence-electron chi connectivity index (χ2n) is 4.40. The van der Waals surface area contributed by atoms with Crippen molar-refractivity contribution in [2.75, 3.05) is 25.9 Å². The normalized spacial score (nSPS) is 19.3.